The number of nitrogens with zero attached hydrogens (tertiary/aromatic N) is 1. The molecule has 6 nitrogen and oxygen atoms in total. The molecule has 0 spiro atoms. The van der Waals surface area contributed by atoms with E-state index in [1.807, 2.05) is 26.0 Å². The molecule has 0 fully saturated rings. The smallest absolute Gasteiger partial charge is 0.355 e. The van der Waals surface area contributed by atoms with E-state index in [4.69, 9.17) is 4.74 Å². The SMILES string of the molecule is CCCN(C(=O)c1ccc(C)cc1)C(C)C(=O)c1c(C)[nH]c(C(=O)OCC)c1C. The van der Waals surface area contributed by atoms with Crippen LogP contribution in [0.25, 0.3) is 0 Å². The molecular weight excluding hydrogens is 368 g/mol. The van der Waals surface area contributed by atoms with Crippen molar-refractivity contribution in [2.24, 2.45) is 0 Å². The van der Waals surface area contributed by atoms with Crippen molar-refractivity contribution in [2.75, 3.05) is 13.2 Å². The molecule has 0 radical (unpaired) electrons. The summed E-state index contributed by atoms with van der Waals surface area (Å²) in [6.07, 6.45) is 0.731. The highest BCUT2D eigenvalue weighted by molar-refractivity contribution is 6.07. The lowest BCUT2D eigenvalue weighted by Gasteiger charge is -2.28. The van der Waals surface area contributed by atoms with Gasteiger partial charge in [0.25, 0.3) is 5.91 Å². The number of ether oxygens (including phenoxy) is 1. The summed E-state index contributed by atoms with van der Waals surface area (Å²) in [7, 11) is 0. The summed E-state index contributed by atoms with van der Waals surface area (Å²) >= 11 is 0. The first kappa shape index (κ1) is 22.4. The number of amides is 1. The Hall–Kier alpha value is -2.89. The van der Waals surface area contributed by atoms with Crippen LogP contribution in [0, 0.1) is 20.8 Å². The summed E-state index contributed by atoms with van der Waals surface area (Å²) in [4.78, 5) is 43.1. The summed E-state index contributed by atoms with van der Waals surface area (Å²) in [5, 5.41) is 0. The molecule has 0 aliphatic carbocycles. The lowest BCUT2D eigenvalue weighted by molar-refractivity contribution is 0.0519. The van der Waals surface area contributed by atoms with Gasteiger partial charge in [-0.3, -0.25) is 9.59 Å². The zero-order valence-corrected chi connectivity index (χ0v) is 18.1. The number of rotatable bonds is 8. The molecule has 2 rings (SSSR count). The molecule has 0 aliphatic rings. The van der Waals surface area contributed by atoms with E-state index in [0.29, 0.717) is 28.9 Å². The van der Waals surface area contributed by atoms with E-state index in [2.05, 4.69) is 4.98 Å². The van der Waals surface area contributed by atoms with Crippen LogP contribution in [0.5, 0.6) is 0 Å². The van der Waals surface area contributed by atoms with Crippen molar-refractivity contribution in [1.29, 1.82) is 0 Å². The first-order valence-corrected chi connectivity index (χ1v) is 10.0. The van der Waals surface area contributed by atoms with Crippen LogP contribution in [0.2, 0.25) is 0 Å². The molecule has 29 heavy (non-hydrogen) atoms. The second kappa shape index (κ2) is 9.54. The summed E-state index contributed by atoms with van der Waals surface area (Å²) in [5.74, 6) is -0.856. The minimum atomic E-state index is -0.660. The molecule has 1 atom stereocenters. The molecule has 2 aromatic rings. The zero-order chi connectivity index (χ0) is 21.7. The Bertz CT molecular complexity index is 896. The van der Waals surface area contributed by atoms with E-state index in [0.717, 1.165) is 12.0 Å². The van der Waals surface area contributed by atoms with E-state index in [1.165, 1.54) is 0 Å². The van der Waals surface area contributed by atoms with Crippen molar-refractivity contribution in [2.45, 2.75) is 54.0 Å². The quantitative estimate of drug-likeness (QED) is 0.533. The van der Waals surface area contributed by atoms with Gasteiger partial charge in [0.05, 0.1) is 12.6 Å². The number of aryl methyl sites for hydroxylation is 2. The Morgan fingerprint density at radius 1 is 1.07 bits per heavy atom. The largest absolute Gasteiger partial charge is 0.461 e. The lowest BCUT2D eigenvalue weighted by atomic mass is 9.99. The zero-order valence-electron chi connectivity index (χ0n) is 18.1. The van der Waals surface area contributed by atoms with Crippen LogP contribution in [0.1, 0.15) is 75.2 Å². The van der Waals surface area contributed by atoms with Crippen molar-refractivity contribution < 1.29 is 19.1 Å². The van der Waals surface area contributed by atoms with Crippen LogP contribution >= 0.6 is 0 Å². The lowest BCUT2D eigenvalue weighted by Crippen LogP contribution is -2.44. The molecular formula is C23H30N2O4. The van der Waals surface area contributed by atoms with Crippen LogP contribution in [0.3, 0.4) is 0 Å². The maximum Gasteiger partial charge on any atom is 0.355 e. The van der Waals surface area contributed by atoms with Gasteiger partial charge in [0.2, 0.25) is 0 Å². The second-order valence-electron chi connectivity index (χ2n) is 7.25. The molecule has 1 N–H and O–H groups in total. The van der Waals surface area contributed by atoms with Gasteiger partial charge in [0.1, 0.15) is 5.69 Å². The number of H-pyrrole nitrogens is 1. The van der Waals surface area contributed by atoms with Gasteiger partial charge in [0.15, 0.2) is 5.78 Å². The number of ketones is 1. The van der Waals surface area contributed by atoms with Crippen molar-refractivity contribution in [3.05, 3.63) is 57.9 Å². The van der Waals surface area contributed by atoms with Crippen molar-refractivity contribution in [3.8, 4) is 0 Å². The number of esters is 1. The normalized spacial score (nSPS) is 11.8. The van der Waals surface area contributed by atoms with Gasteiger partial charge in [-0.05, 0) is 58.7 Å². The van der Waals surface area contributed by atoms with Crippen LogP contribution in [-0.2, 0) is 4.74 Å². The highest BCUT2D eigenvalue weighted by Crippen LogP contribution is 2.23. The maximum absolute atomic E-state index is 13.3. The van der Waals surface area contributed by atoms with Crippen molar-refractivity contribution in [1.82, 2.24) is 9.88 Å². The van der Waals surface area contributed by atoms with Crippen LogP contribution in [0.4, 0.5) is 0 Å². The van der Waals surface area contributed by atoms with E-state index < -0.39 is 12.0 Å². The Kier molecular flexibility index (Phi) is 7.37. The molecule has 1 unspecified atom stereocenters. The van der Waals surface area contributed by atoms with Crippen LogP contribution < -0.4 is 0 Å². The molecule has 1 heterocycles. The van der Waals surface area contributed by atoms with Gasteiger partial charge in [0, 0.05) is 23.4 Å². The first-order valence-electron chi connectivity index (χ1n) is 10.0. The number of nitrogens with one attached hydrogen (secondary N) is 1. The van der Waals surface area contributed by atoms with Crippen LogP contribution in [-0.4, -0.2) is 46.7 Å². The maximum atomic E-state index is 13.3. The van der Waals surface area contributed by atoms with Crippen molar-refractivity contribution in [3.63, 3.8) is 0 Å². The number of carbonyl (C=O) groups excluding carboxylic acids is 3. The molecule has 156 valence electrons. The Morgan fingerprint density at radius 3 is 2.24 bits per heavy atom. The predicted molar refractivity (Wildman–Crippen MR) is 113 cm³/mol. The van der Waals surface area contributed by atoms with E-state index >= 15 is 0 Å². The molecule has 1 aromatic carbocycles. The highest BCUT2D eigenvalue weighted by atomic mass is 16.5. The summed E-state index contributed by atoms with van der Waals surface area (Å²) < 4.78 is 5.06. The molecule has 0 saturated carbocycles. The third-order valence-corrected chi connectivity index (χ3v) is 5.03. The van der Waals surface area contributed by atoms with Gasteiger partial charge in [-0.25, -0.2) is 4.79 Å². The summed E-state index contributed by atoms with van der Waals surface area (Å²) in [6.45, 7) is 11.6. The fourth-order valence-corrected chi connectivity index (χ4v) is 3.45. The minimum absolute atomic E-state index is 0.177. The summed E-state index contributed by atoms with van der Waals surface area (Å²) in [5.41, 5.74) is 3.50. The number of hydrogen-bond donors (Lipinski definition) is 1. The molecule has 0 bridgehead atoms. The molecule has 6 heteroatoms. The Morgan fingerprint density at radius 2 is 1.69 bits per heavy atom. The minimum Gasteiger partial charge on any atom is -0.461 e. The third-order valence-electron chi connectivity index (χ3n) is 5.03. The highest BCUT2D eigenvalue weighted by Gasteiger charge is 2.31. The molecule has 0 aliphatic heterocycles. The first-order chi connectivity index (χ1) is 13.7. The van der Waals surface area contributed by atoms with Gasteiger partial charge in [-0.1, -0.05) is 24.6 Å². The van der Waals surface area contributed by atoms with E-state index in [9.17, 15) is 14.4 Å². The Labute approximate surface area is 172 Å². The van der Waals surface area contributed by atoms with E-state index in [-0.39, 0.29) is 24.0 Å². The number of hydrogen-bond acceptors (Lipinski definition) is 4. The Balaban J connectivity index is 2.36. The number of aromatic nitrogens is 1. The monoisotopic (exact) mass is 398 g/mol. The average Bonchev–Trinajstić information content (AvgIpc) is 2.99. The summed E-state index contributed by atoms with van der Waals surface area (Å²) in [6, 6.07) is 6.67. The van der Waals surface area contributed by atoms with E-state index in [1.54, 1.807) is 44.7 Å². The molecule has 0 saturated heterocycles. The number of aromatic amines is 1. The number of carbonyl (C=O) groups is 3. The topological polar surface area (TPSA) is 79.5 Å². The fourth-order valence-electron chi connectivity index (χ4n) is 3.45. The second-order valence-corrected chi connectivity index (χ2v) is 7.25. The molecule has 1 amide bonds. The van der Waals surface area contributed by atoms with Crippen molar-refractivity contribution >= 4 is 17.7 Å². The predicted octanol–water partition coefficient (Wildman–Crippen LogP) is 4.24. The standard InChI is InChI=1S/C23H30N2O4/c1-7-13-25(22(27)18-11-9-14(3)10-12-18)17(6)21(26)19-15(4)20(24-16(19)5)23(28)29-8-2/h9-12,17,24H,7-8,13H2,1-6H3. The van der Waals surface area contributed by atoms with Gasteiger partial charge >= 0.3 is 5.97 Å². The molecule has 1 aromatic heterocycles. The fraction of sp³-hybridized carbons (Fsp3) is 0.435. The average molecular weight is 399 g/mol. The number of benzene rings is 1. The third kappa shape index (κ3) is 4.75. The van der Waals surface area contributed by atoms with Gasteiger partial charge in [-0.15, -0.1) is 0 Å². The van der Waals surface area contributed by atoms with Crippen LogP contribution in [0.15, 0.2) is 24.3 Å². The van der Waals surface area contributed by atoms with Gasteiger partial charge in [-0.2, -0.15) is 0 Å². The van der Waals surface area contributed by atoms with Gasteiger partial charge < -0.3 is 14.6 Å². The number of Topliss-reactive ketones (excluding diaryl/α,β-unsaturated/α-hetero) is 1.